The van der Waals surface area contributed by atoms with Crippen LogP contribution in [0, 0.1) is 5.21 Å². The van der Waals surface area contributed by atoms with E-state index in [9.17, 15) is 10.0 Å². The van der Waals surface area contributed by atoms with Crippen molar-refractivity contribution in [2.45, 2.75) is 6.04 Å². The first kappa shape index (κ1) is 7.46. The fourth-order valence-electron chi connectivity index (χ4n) is 1.18. The summed E-state index contributed by atoms with van der Waals surface area (Å²) in [5.41, 5.74) is 5.32. The van der Waals surface area contributed by atoms with E-state index in [0.29, 0.717) is 0 Å². The van der Waals surface area contributed by atoms with E-state index in [1.54, 1.807) is 0 Å². The molecule has 1 saturated heterocycles. The highest BCUT2D eigenvalue weighted by Gasteiger charge is 2.36. The number of hydroxylamine groups is 3. The normalized spacial score (nSPS) is 38.8. The number of quaternary nitrogens is 1. The van der Waals surface area contributed by atoms with Crippen molar-refractivity contribution in [2.75, 3.05) is 19.6 Å². The minimum Gasteiger partial charge on any atom is -0.632 e. The lowest BCUT2D eigenvalue weighted by Gasteiger charge is -2.51. The Kier molecular flexibility index (Phi) is 1.63. The number of hydrogen-bond donors (Lipinski definition) is 2. The molecular weight excluding hydrogens is 136 g/mol. The Morgan fingerprint density at radius 3 is 2.60 bits per heavy atom. The summed E-state index contributed by atoms with van der Waals surface area (Å²) < 4.78 is -0.656. The van der Waals surface area contributed by atoms with Crippen LogP contribution in [0.5, 0.6) is 0 Å². The van der Waals surface area contributed by atoms with Crippen LogP contribution >= 0.6 is 0 Å². The van der Waals surface area contributed by atoms with Gasteiger partial charge in [-0.05, 0) is 0 Å². The number of nitrogens with zero attached hydrogens (tertiary/aromatic N) is 1. The van der Waals surface area contributed by atoms with Crippen molar-refractivity contribution in [1.29, 1.82) is 0 Å². The summed E-state index contributed by atoms with van der Waals surface area (Å²) in [4.78, 5) is 10.1. The lowest BCUT2D eigenvalue weighted by Crippen LogP contribution is -2.67. The molecule has 0 spiro atoms. The van der Waals surface area contributed by atoms with Crippen LogP contribution < -0.4 is 5.73 Å². The van der Waals surface area contributed by atoms with Crippen molar-refractivity contribution in [3.8, 4) is 0 Å². The largest absolute Gasteiger partial charge is 0.632 e. The third kappa shape index (κ3) is 1.44. The minimum absolute atomic E-state index is 0.100. The second-order valence-electron chi connectivity index (χ2n) is 2.74. The molecule has 1 aliphatic rings. The van der Waals surface area contributed by atoms with E-state index in [2.05, 4.69) is 0 Å². The molecule has 3 N–H and O–H groups in total. The van der Waals surface area contributed by atoms with Gasteiger partial charge in [0.2, 0.25) is 0 Å². The quantitative estimate of drug-likeness (QED) is 0.375. The topological polar surface area (TPSA) is 86.4 Å². The Morgan fingerprint density at radius 2 is 2.30 bits per heavy atom. The van der Waals surface area contributed by atoms with E-state index in [4.69, 9.17) is 10.8 Å². The van der Waals surface area contributed by atoms with Gasteiger partial charge in [-0.3, -0.25) is 0 Å². The van der Waals surface area contributed by atoms with Gasteiger partial charge in [0.05, 0.1) is 13.1 Å². The molecule has 0 bridgehead atoms. The smallest absolute Gasteiger partial charge is 0.359 e. The van der Waals surface area contributed by atoms with Crippen molar-refractivity contribution in [1.82, 2.24) is 0 Å². The number of rotatable bonds is 2. The molecule has 0 saturated carbocycles. The molecule has 10 heavy (non-hydrogen) atoms. The van der Waals surface area contributed by atoms with Crippen molar-refractivity contribution in [2.24, 2.45) is 5.73 Å². The van der Waals surface area contributed by atoms with Crippen molar-refractivity contribution in [3.63, 3.8) is 0 Å². The number of carboxylic acid groups (broad SMARTS) is 1. The van der Waals surface area contributed by atoms with Crippen molar-refractivity contribution >= 4 is 5.97 Å². The van der Waals surface area contributed by atoms with E-state index >= 15 is 0 Å². The van der Waals surface area contributed by atoms with Crippen LogP contribution in [0.4, 0.5) is 0 Å². The summed E-state index contributed by atoms with van der Waals surface area (Å²) in [6, 6.07) is -0.100. The highest BCUT2D eigenvalue weighted by molar-refractivity contribution is 5.68. The van der Waals surface area contributed by atoms with Gasteiger partial charge in [-0.25, -0.2) is 4.79 Å². The molecule has 0 aliphatic carbocycles. The van der Waals surface area contributed by atoms with E-state index < -0.39 is 10.6 Å². The lowest BCUT2D eigenvalue weighted by molar-refractivity contribution is -0.913. The van der Waals surface area contributed by atoms with E-state index in [0.717, 1.165) is 0 Å². The Bertz CT molecular complexity index is 153. The maximum atomic E-state index is 11.1. The zero-order valence-electron chi connectivity index (χ0n) is 5.49. The highest BCUT2D eigenvalue weighted by Crippen LogP contribution is 2.15. The number of nitrogens with two attached hydrogens (primary N) is 1. The molecule has 0 aromatic rings. The zero-order valence-corrected chi connectivity index (χ0v) is 5.49. The van der Waals surface area contributed by atoms with Gasteiger partial charge in [-0.15, -0.1) is 0 Å². The van der Waals surface area contributed by atoms with Crippen LogP contribution in [0.2, 0.25) is 0 Å². The van der Waals surface area contributed by atoms with Crippen LogP contribution in [-0.2, 0) is 4.79 Å². The zero-order chi connectivity index (χ0) is 7.78. The second-order valence-corrected chi connectivity index (χ2v) is 2.74. The van der Waals surface area contributed by atoms with Gasteiger partial charge in [0.25, 0.3) is 0 Å². The Balaban J connectivity index is 2.34. The minimum atomic E-state index is -1.05. The molecule has 0 radical (unpaired) electrons. The fraction of sp³-hybridized carbons (Fsp3) is 0.800. The fourth-order valence-corrected chi connectivity index (χ4v) is 1.18. The van der Waals surface area contributed by atoms with Gasteiger partial charge >= 0.3 is 5.97 Å². The predicted octanol–water partition coefficient (Wildman–Crippen LogP) is -1.27. The molecule has 5 nitrogen and oxygen atoms in total. The van der Waals surface area contributed by atoms with Crippen LogP contribution in [0.1, 0.15) is 0 Å². The SMILES string of the molecule is NC1C[N+]([O-])(CC(=O)O)C1. The van der Waals surface area contributed by atoms with Gasteiger partial charge in [-0.1, -0.05) is 0 Å². The molecule has 0 aromatic carbocycles. The van der Waals surface area contributed by atoms with Gasteiger partial charge in [0, 0.05) is 0 Å². The third-order valence-corrected chi connectivity index (χ3v) is 1.56. The standard InChI is InChI=1S/C5H10N2O3/c6-4-1-7(10,2-4)3-5(8)9/h4H,1-3,6H2,(H,8,9). The molecule has 5 heteroatoms. The summed E-state index contributed by atoms with van der Waals surface area (Å²) in [7, 11) is 0. The second kappa shape index (κ2) is 2.19. The average Bonchev–Trinajstić information content (AvgIpc) is 1.57. The number of hydrogen-bond acceptors (Lipinski definition) is 3. The van der Waals surface area contributed by atoms with Gasteiger partial charge in [-0.2, -0.15) is 0 Å². The molecule has 1 fully saturated rings. The van der Waals surface area contributed by atoms with Crippen LogP contribution in [0.25, 0.3) is 0 Å². The molecule has 1 rings (SSSR count). The summed E-state index contributed by atoms with van der Waals surface area (Å²) in [5.74, 6) is -1.05. The number of aliphatic carboxylic acids is 1. The van der Waals surface area contributed by atoms with Crippen LogP contribution in [0.15, 0.2) is 0 Å². The van der Waals surface area contributed by atoms with E-state index in [1.165, 1.54) is 0 Å². The van der Waals surface area contributed by atoms with Gasteiger partial charge in [0.1, 0.15) is 6.04 Å². The Hall–Kier alpha value is -0.650. The molecule has 0 atom stereocenters. The van der Waals surface area contributed by atoms with Crippen LogP contribution in [-0.4, -0.2) is 41.4 Å². The Labute approximate surface area is 58.2 Å². The van der Waals surface area contributed by atoms with Gasteiger partial charge < -0.3 is 20.7 Å². The maximum Gasteiger partial charge on any atom is 0.359 e. The summed E-state index contributed by atoms with van der Waals surface area (Å²) in [6.45, 7) is 0.131. The first-order chi connectivity index (χ1) is 4.52. The molecule has 1 aliphatic heterocycles. The Morgan fingerprint density at radius 1 is 1.80 bits per heavy atom. The molecule has 0 amide bonds. The van der Waals surface area contributed by atoms with Crippen LogP contribution in [0.3, 0.4) is 0 Å². The maximum absolute atomic E-state index is 11.1. The number of carbonyl (C=O) groups is 1. The molecular formula is C5H10N2O3. The molecule has 0 unspecified atom stereocenters. The predicted molar refractivity (Wildman–Crippen MR) is 33.8 cm³/mol. The van der Waals surface area contributed by atoms with E-state index in [-0.39, 0.29) is 25.7 Å². The van der Waals surface area contributed by atoms with E-state index in [1.807, 2.05) is 0 Å². The van der Waals surface area contributed by atoms with Gasteiger partial charge in [0.15, 0.2) is 6.54 Å². The molecule has 58 valence electrons. The number of likely N-dealkylation sites (tertiary alicyclic amines) is 1. The monoisotopic (exact) mass is 146 g/mol. The first-order valence-corrected chi connectivity index (χ1v) is 3.06. The summed E-state index contributed by atoms with van der Waals surface area (Å²) in [5, 5.41) is 19.3. The van der Waals surface area contributed by atoms with Crippen molar-refractivity contribution in [3.05, 3.63) is 5.21 Å². The first-order valence-electron chi connectivity index (χ1n) is 3.06. The summed E-state index contributed by atoms with van der Waals surface area (Å²) in [6.07, 6.45) is 0. The summed E-state index contributed by atoms with van der Waals surface area (Å²) >= 11 is 0. The highest BCUT2D eigenvalue weighted by atomic mass is 16.6. The lowest BCUT2D eigenvalue weighted by atomic mass is 10.1. The molecule has 1 heterocycles. The molecule has 0 aromatic heterocycles. The average molecular weight is 146 g/mol. The number of carboxylic acids is 1. The third-order valence-electron chi connectivity index (χ3n) is 1.56. The van der Waals surface area contributed by atoms with Crippen molar-refractivity contribution < 1.29 is 14.5 Å².